The molecule has 1 atom stereocenters. The van der Waals surface area contributed by atoms with E-state index in [-0.39, 0.29) is 6.04 Å². The van der Waals surface area contributed by atoms with Crippen LogP contribution in [0.25, 0.3) is 0 Å². The molecule has 0 fully saturated rings. The summed E-state index contributed by atoms with van der Waals surface area (Å²) < 4.78 is 5.34. The fraction of sp³-hybridized carbons (Fsp3) is 0.250. The zero-order valence-corrected chi connectivity index (χ0v) is 10.7. The Balaban J connectivity index is 2.03. The minimum atomic E-state index is 0.286. The summed E-state index contributed by atoms with van der Waals surface area (Å²) in [6.07, 6.45) is 2.64. The number of furan rings is 1. The van der Waals surface area contributed by atoms with Gasteiger partial charge in [0.1, 0.15) is 5.76 Å². The van der Waals surface area contributed by atoms with Gasteiger partial charge < -0.3 is 9.73 Å². The summed E-state index contributed by atoms with van der Waals surface area (Å²) in [5, 5.41) is 3.52. The molecule has 0 aliphatic heterocycles. The fourth-order valence-corrected chi connectivity index (χ4v) is 1.98. The summed E-state index contributed by atoms with van der Waals surface area (Å²) in [5.74, 6) is 0.956. The highest BCUT2D eigenvalue weighted by atomic mass is 16.3. The van der Waals surface area contributed by atoms with E-state index in [9.17, 15) is 0 Å². The molecule has 1 aromatic carbocycles. The first-order chi connectivity index (χ1) is 8.75. The van der Waals surface area contributed by atoms with Crippen LogP contribution in [0, 0.1) is 0 Å². The van der Waals surface area contributed by atoms with Gasteiger partial charge in [-0.15, -0.1) is 6.58 Å². The molecule has 0 saturated heterocycles. The molecular weight excluding hydrogens is 222 g/mol. The van der Waals surface area contributed by atoms with E-state index in [0.29, 0.717) is 0 Å². The third-order valence-corrected chi connectivity index (χ3v) is 2.86. The Morgan fingerprint density at radius 2 is 2.00 bits per heavy atom. The smallest absolute Gasteiger partial charge is 0.117 e. The Hall–Kier alpha value is -1.80. The molecular formula is C16H19NO. The average Bonchev–Trinajstić information content (AvgIpc) is 2.88. The normalized spacial score (nSPS) is 12.3. The van der Waals surface area contributed by atoms with Crippen LogP contribution in [0.3, 0.4) is 0 Å². The highest BCUT2D eigenvalue weighted by Gasteiger charge is 2.11. The standard InChI is InChI=1S/C16H19NO/c1-13(2)11-16(14-7-4-3-5-8-14)17-12-15-9-6-10-18-15/h3-10,16-17H,1,11-12H2,2H3/t16-/m1/s1. The minimum Gasteiger partial charge on any atom is -0.468 e. The largest absolute Gasteiger partial charge is 0.468 e. The van der Waals surface area contributed by atoms with E-state index in [2.05, 4.69) is 43.1 Å². The summed E-state index contributed by atoms with van der Waals surface area (Å²) in [7, 11) is 0. The van der Waals surface area contributed by atoms with Crippen molar-refractivity contribution in [3.63, 3.8) is 0 Å². The van der Waals surface area contributed by atoms with E-state index in [1.54, 1.807) is 6.26 Å². The van der Waals surface area contributed by atoms with Gasteiger partial charge in [0.15, 0.2) is 0 Å². The van der Waals surface area contributed by atoms with E-state index in [1.165, 1.54) is 11.1 Å². The van der Waals surface area contributed by atoms with Gasteiger partial charge in [-0.05, 0) is 31.0 Å². The van der Waals surface area contributed by atoms with Crippen molar-refractivity contribution in [3.8, 4) is 0 Å². The molecule has 2 aromatic rings. The predicted octanol–water partition coefficient (Wildman–Crippen LogP) is 4.08. The summed E-state index contributed by atoms with van der Waals surface area (Å²) in [6.45, 7) is 6.80. The maximum atomic E-state index is 5.34. The second-order valence-electron chi connectivity index (χ2n) is 4.58. The van der Waals surface area contributed by atoms with Crippen molar-refractivity contribution in [2.24, 2.45) is 0 Å². The Labute approximate surface area is 108 Å². The van der Waals surface area contributed by atoms with Crippen LogP contribution in [0.4, 0.5) is 0 Å². The summed E-state index contributed by atoms with van der Waals surface area (Å²) >= 11 is 0. The van der Waals surface area contributed by atoms with Crippen molar-refractivity contribution in [3.05, 3.63) is 72.2 Å². The van der Waals surface area contributed by atoms with Gasteiger partial charge in [-0.2, -0.15) is 0 Å². The number of hydrogen-bond acceptors (Lipinski definition) is 2. The number of rotatable bonds is 6. The second-order valence-corrected chi connectivity index (χ2v) is 4.58. The molecule has 0 radical (unpaired) electrons. The lowest BCUT2D eigenvalue weighted by molar-refractivity contribution is 0.447. The molecule has 0 unspecified atom stereocenters. The minimum absolute atomic E-state index is 0.286. The molecule has 2 heteroatoms. The van der Waals surface area contributed by atoms with Gasteiger partial charge in [-0.3, -0.25) is 0 Å². The van der Waals surface area contributed by atoms with Crippen LogP contribution in [0.15, 0.2) is 65.3 Å². The number of nitrogens with one attached hydrogen (secondary N) is 1. The predicted molar refractivity (Wildman–Crippen MR) is 74.2 cm³/mol. The third kappa shape index (κ3) is 3.60. The zero-order chi connectivity index (χ0) is 12.8. The van der Waals surface area contributed by atoms with E-state index in [0.717, 1.165) is 18.7 Å². The van der Waals surface area contributed by atoms with Gasteiger partial charge in [0.2, 0.25) is 0 Å². The van der Waals surface area contributed by atoms with Crippen LogP contribution < -0.4 is 5.32 Å². The molecule has 94 valence electrons. The molecule has 1 heterocycles. The zero-order valence-electron chi connectivity index (χ0n) is 10.7. The van der Waals surface area contributed by atoms with E-state index < -0.39 is 0 Å². The Kier molecular flexibility index (Phi) is 4.37. The Morgan fingerprint density at radius 1 is 1.22 bits per heavy atom. The van der Waals surface area contributed by atoms with Crippen LogP contribution >= 0.6 is 0 Å². The molecule has 0 bridgehead atoms. The van der Waals surface area contributed by atoms with Crippen LogP contribution in [-0.4, -0.2) is 0 Å². The fourth-order valence-electron chi connectivity index (χ4n) is 1.98. The lowest BCUT2D eigenvalue weighted by Crippen LogP contribution is -2.20. The second kappa shape index (κ2) is 6.22. The first-order valence-electron chi connectivity index (χ1n) is 6.21. The quantitative estimate of drug-likeness (QED) is 0.771. The lowest BCUT2D eigenvalue weighted by Gasteiger charge is -2.18. The van der Waals surface area contributed by atoms with Crippen molar-refractivity contribution in [1.29, 1.82) is 0 Å². The van der Waals surface area contributed by atoms with Crippen molar-refractivity contribution >= 4 is 0 Å². The maximum Gasteiger partial charge on any atom is 0.117 e. The van der Waals surface area contributed by atoms with Gasteiger partial charge in [-0.1, -0.05) is 35.9 Å². The number of hydrogen-bond donors (Lipinski definition) is 1. The number of benzene rings is 1. The van der Waals surface area contributed by atoms with Crippen molar-refractivity contribution in [2.75, 3.05) is 0 Å². The summed E-state index contributed by atoms with van der Waals surface area (Å²) in [6, 6.07) is 14.6. The van der Waals surface area contributed by atoms with Crippen LogP contribution in [0.1, 0.15) is 30.7 Å². The van der Waals surface area contributed by atoms with Crippen molar-refractivity contribution < 1.29 is 4.42 Å². The maximum absolute atomic E-state index is 5.34. The van der Waals surface area contributed by atoms with E-state index in [1.807, 2.05) is 18.2 Å². The SMILES string of the molecule is C=C(C)C[C@@H](NCc1ccco1)c1ccccc1. The molecule has 0 aliphatic rings. The van der Waals surface area contributed by atoms with Crippen LogP contribution in [-0.2, 0) is 6.54 Å². The van der Waals surface area contributed by atoms with Gasteiger partial charge >= 0.3 is 0 Å². The molecule has 18 heavy (non-hydrogen) atoms. The highest BCUT2D eigenvalue weighted by Crippen LogP contribution is 2.20. The molecule has 2 rings (SSSR count). The average molecular weight is 241 g/mol. The molecule has 0 aliphatic carbocycles. The molecule has 2 nitrogen and oxygen atoms in total. The van der Waals surface area contributed by atoms with Gasteiger partial charge in [0.25, 0.3) is 0 Å². The Morgan fingerprint density at radius 3 is 2.61 bits per heavy atom. The monoisotopic (exact) mass is 241 g/mol. The van der Waals surface area contributed by atoms with Crippen molar-refractivity contribution in [1.82, 2.24) is 5.32 Å². The highest BCUT2D eigenvalue weighted by molar-refractivity contribution is 5.20. The Bertz CT molecular complexity index is 473. The lowest BCUT2D eigenvalue weighted by atomic mass is 10.0. The molecule has 0 saturated carbocycles. The van der Waals surface area contributed by atoms with Gasteiger partial charge in [-0.25, -0.2) is 0 Å². The first-order valence-corrected chi connectivity index (χ1v) is 6.21. The summed E-state index contributed by atoms with van der Waals surface area (Å²) in [5.41, 5.74) is 2.46. The van der Waals surface area contributed by atoms with E-state index in [4.69, 9.17) is 4.42 Å². The van der Waals surface area contributed by atoms with Gasteiger partial charge in [0.05, 0.1) is 12.8 Å². The van der Waals surface area contributed by atoms with Gasteiger partial charge in [0, 0.05) is 6.04 Å². The van der Waals surface area contributed by atoms with Crippen LogP contribution in [0.2, 0.25) is 0 Å². The van der Waals surface area contributed by atoms with E-state index >= 15 is 0 Å². The third-order valence-electron chi connectivity index (χ3n) is 2.86. The first kappa shape index (κ1) is 12.7. The summed E-state index contributed by atoms with van der Waals surface area (Å²) in [4.78, 5) is 0. The molecule has 0 spiro atoms. The van der Waals surface area contributed by atoms with Crippen molar-refractivity contribution in [2.45, 2.75) is 25.9 Å². The molecule has 0 amide bonds. The molecule has 1 N–H and O–H groups in total. The molecule has 1 aromatic heterocycles. The van der Waals surface area contributed by atoms with Crippen LogP contribution in [0.5, 0.6) is 0 Å². The topological polar surface area (TPSA) is 25.2 Å².